The molecule has 0 unspecified atom stereocenters. The van der Waals surface area contributed by atoms with Gasteiger partial charge in [0, 0.05) is 12.3 Å². The Morgan fingerprint density at radius 1 is 1.60 bits per heavy atom. The lowest BCUT2D eigenvalue weighted by Gasteiger charge is -2.44. The number of hydrogen-bond donors (Lipinski definition) is 0. The molecule has 1 fully saturated rings. The van der Waals surface area contributed by atoms with E-state index in [0.29, 0.717) is 0 Å². The van der Waals surface area contributed by atoms with Crippen LogP contribution in [0.25, 0.3) is 0 Å². The molecule has 108 valence electrons. The second kappa shape index (κ2) is 5.70. The molecule has 0 aromatic carbocycles. The fourth-order valence-electron chi connectivity index (χ4n) is 2.20. The summed E-state index contributed by atoms with van der Waals surface area (Å²) in [5.41, 5.74) is 0.234. The van der Waals surface area contributed by atoms with Crippen LogP contribution in [0.15, 0.2) is 23.8 Å². The van der Waals surface area contributed by atoms with Crippen LogP contribution in [0.3, 0.4) is 0 Å². The third-order valence-corrected chi connectivity index (χ3v) is 4.20. The van der Waals surface area contributed by atoms with Crippen molar-refractivity contribution in [3.05, 3.63) is 23.8 Å². The molecule has 0 saturated carbocycles. The monoisotopic (exact) mass is 297 g/mol. The minimum atomic E-state index is -0.549. The zero-order valence-electron chi connectivity index (χ0n) is 11.2. The van der Waals surface area contributed by atoms with Crippen molar-refractivity contribution in [2.24, 2.45) is 5.92 Å². The largest absolute Gasteiger partial charge is 0.462 e. The van der Waals surface area contributed by atoms with Gasteiger partial charge in [0.25, 0.3) is 0 Å². The predicted molar refractivity (Wildman–Crippen MR) is 72.2 cm³/mol. The molecule has 2 rings (SSSR count). The summed E-state index contributed by atoms with van der Waals surface area (Å²) in [5, 5.41) is 1.40. The number of β-lactam (4-membered cyclic amide) rings is 1. The van der Waals surface area contributed by atoms with Gasteiger partial charge in [0.15, 0.2) is 0 Å². The van der Waals surface area contributed by atoms with Gasteiger partial charge in [-0.25, -0.2) is 4.79 Å². The lowest BCUT2D eigenvalue weighted by Crippen LogP contribution is -2.61. The molecule has 1 saturated heterocycles. The van der Waals surface area contributed by atoms with E-state index >= 15 is 0 Å². The zero-order valence-corrected chi connectivity index (χ0v) is 12.0. The normalized spacial score (nSPS) is 25.2. The van der Waals surface area contributed by atoms with Crippen LogP contribution in [0.2, 0.25) is 0 Å². The van der Waals surface area contributed by atoms with E-state index < -0.39 is 24.0 Å². The van der Waals surface area contributed by atoms with Gasteiger partial charge in [-0.1, -0.05) is 12.7 Å². The van der Waals surface area contributed by atoms with Crippen LogP contribution in [-0.2, 0) is 23.9 Å². The van der Waals surface area contributed by atoms with Crippen LogP contribution in [0.4, 0.5) is 0 Å². The average Bonchev–Trinajstić information content (AvgIpc) is 2.74. The second-order valence-electron chi connectivity index (χ2n) is 4.47. The summed E-state index contributed by atoms with van der Waals surface area (Å²) in [6.45, 7) is 6.53. The standard InChI is InChI=1S/C13H15NO5S/c1-4-5-18-13(17)9-6-20-12-10(11(16)14(9)12)7(2)19-8(3)15/h4,6-7,10,12H,1,5H2,2-3H3/t7-,10-,12-/m0/s1. The summed E-state index contributed by atoms with van der Waals surface area (Å²) in [5.74, 6) is -1.63. The van der Waals surface area contributed by atoms with Gasteiger partial charge < -0.3 is 9.47 Å². The summed E-state index contributed by atoms with van der Waals surface area (Å²) >= 11 is 1.35. The highest BCUT2D eigenvalue weighted by molar-refractivity contribution is 8.03. The van der Waals surface area contributed by atoms with E-state index in [9.17, 15) is 14.4 Å². The first-order valence-electron chi connectivity index (χ1n) is 6.11. The number of carbonyl (C=O) groups excluding carboxylic acids is 3. The van der Waals surface area contributed by atoms with E-state index in [0.717, 1.165) is 0 Å². The highest BCUT2D eigenvalue weighted by Crippen LogP contribution is 2.46. The molecule has 0 aromatic rings. The number of thioether (sulfide) groups is 1. The molecule has 6 nitrogen and oxygen atoms in total. The fraction of sp³-hybridized carbons (Fsp3) is 0.462. The average molecular weight is 297 g/mol. The maximum absolute atomic E-state index is 12.1. The van der Waals surface area contributed by atoms with Gasteiger partial charge in [-0.2, -0.15) is 0 Å². The van der Waals surface area contributed by atoms with Gasteiger partial charge in [-0.3, -0.25) is 14.5 Å². The molecule has 0 N–H and O–H groups in total. The van der Waals surface area contributed by atoms with Gasteiger partial charge in [0.2, 0.25) is 5.91 Å². The van der Waals surface area contributed by atoms with Crippen LogP contribution < -0.4 is 0 Å². The van der Waals surface area contributed by atoms with Gasteiger partial charge in [-0.15, -0.1) is 11.8 Å². The fourth-order valence-corrected chi connectivity index (χ4v) is 3.53. The Labute approximate surface area is 120 Å². The number of esters is 2. The summed E-state index contributed by atoms with van der Waals surface area (Å²) in [6.07, 6.45) is 0.951. The smallest absolute Gasteiger partial charge is 0.355 e. The third-order valence-electron chi connectivity index (χ3n) is 3.06. The van der Waals surface area contributed by atoms with E-state index in [1.54, 1.807) is 12.3 Å². The number of hydrogen-bond acceptors (Lipinski definition) is 6. The Bertz CT molecular complexity index is 501. The quantitative estimate of drug-likeness (QED) is 0.429. The van der Waals surface area contributed by atoms with Gasteiger partial charge in [-0.05, 0) is 6.92 Å². The summed E-state index contributed by atoms with van der Waals surface area (Å²) in [6, 6.07) is 0. The third kappa shape index (κ3) is 2.45. The first-order valence-corrected chi connectivity index (χ1v) is 7.05. The molecular formula is C13H15NO5S. The summed E-state index contributed by atoms with van der Waals surface area (Å²) < 4.78 is 9.96. The van der Waals surface area contributed by atoms with Gasteiger partial charge in [0.1, 0.15) is 29.7 Å². The maximum atomic E-state index is 12.1. The van der Waals surface area contributed by atoms with Gasteiger partial charge in [0.05, 0.1) is 0 Å². The van der Waals surface area contributed by atoms with Crippen LogP contribution >= 0.6 is 11.8 Å². The molecule has 2 aliphatic rings. The van der Waals surface area contributed by atoms with E-state index in [1.807, 2.05) is 0 Å². The van der Waals surface area contributed by atoms with Gasteiger partial charge >= 0.3 is 11.9 Å². The van der Waals surface area contributed by atoms with Crippen LogP contribution in [-0.4, -0.2) is 40.8 Å². The predicted octanol–water partition coefficient (Wildman–Crippen LogP) is 1.04. The zero-order chi connectivity index (χ0) is 14.9. The number of fused-ring (bicyclic) bond motifs is 1. The molecule has 7 heteroatoms. The van der Waals surface area contributed by atoms with Crippen molar-refractivity contribution in [3.63, 3.8) is 0 Å². The van der Waals surface area contributed by atoms with Crippen molar-refractivity contribution in [2.45, 2.75) is 25.3 Å². The highest BCUT2D eigenvalue weighted by Gasteiger charge is 2.56. The molecule has 2 heterocycles. The molecule has 20 heavy (non-hydrogen) atoms. The minimum absolute atomic E-state index is 0.0980. The number of carbonyl (C=O) groups is 3. The number of nitrogens with zero attached hydrogens (tertiary/aromatic N) is 1. The first-order chi connectivity index (χ1) is 9.47. The molecule has 0 aliphatic carbocycles. The Kier molecular flexibility index (Phi) is 4.17. The Hall–Kier alpha value is -1.76. The molecular weight excluding hydrogens is 282 g/mol. The van der Waals surface area contributed by atoms with Crippen LogP contribution in [0, 0.1) is 5.92 Å². The lowest BCUT2D eigenvalue weighted by atomic mass is 9.92. The van der Waals surface area contributed by atoms with E-state index in [4.69, 9.17) is 9.47 Å². The maximum Gasteiger partial charge on any atom is 0.355 e. The molecule has 0 aromatic heterocycles. The van der Waals surface area contributed by atoms with Crippen molar-refractivity contribution in [1.82, 2.24) is 4.90 Å². The van der Waals surface area contributed by atoms with Crippen molar-refractivity contribution < 1.29 is 23.9 Å². The first kappa shape index (κ1) is 14.6. The number of ether oxygens (including phenoxy) is 2. The van der Waals surface area contributed by atoms with Crippen molar-refractivity contribution in [1.29, 1.82) is 0 Å². The summed E-state index contributed by atoms with van der Waals surface area (Å²) in [4.78, 5) is 36.2. The van der Waals surface area contributed by atoms with Crippen molar-refractivity contribution in [2.75, 3.05) is 6.61 Å². The molecule has 3 atom stereocenters. The van der Waals surface area contributed by atoms with Crippen LogP contribution in [0.1, 0.15) is 13.8 Å². The topological polar surface area (TPSA) is 72.9 Å². The van der Waals surface area contributed by atoms with E-state index in [1.165, 1.54) is 29.7 Å². The highest BCUT2D eigenvalue weighted by atomic mass is 32.2. The molecule has 1 amide bonds. The van der Waals surface area contributed by atoms with E-state index in [2.05, 4.69) is 6.58 Å². The molecule has 0 radical (unpaired) electrons. The molecule has 0 bridgehead atoms. The van der Waals surface area contributed by atoms with E-state index in [-0.39, 0.29) is 23.6 Å². The van der Waals surface area contributed by atoms with Crippen molar-refractivity contribution in [3.8, 4) is 0 Å². The molecule has 0 spiro atoms. The Balaban J connectivity index is 2.00. The second-order valence-corrected chi connectivity index (χ2v) is 5.46. The number of rotatable bonds is 5. The SMILES string of the molecule is C=CCOC(=O)C1=CS[C@H]2[C@@H]([C@H](C)OC(C)=O)C(=O)N12. The lowest BCUT2D eigenvalue weighted by molar-refractivity contribution is -0.165. The number of amides is 1. The Morgan fingerprint density at radius 3 is 2.90 bits per heavy atom. The molecule has 2 aliphatic heterocycles. The summed E-state index contributed by atoms with van der Waals surface area (Å²) in [7, 11) is 0. The minimum Gasteiger partial charge on any atom is -0.462 e. The Morgan fingerprint density at radius 2 is 2.30 bits per heavy atom. The van der Waals surface area contributed by atoms with Crippen LogP contribution in [0.5, 0.6) is 0 Å². The van der Waals surface area contributed by atoms with Crippen molar-refractivity contribution >= 4 is 29.6 Å².